The topological polar surface area (TPSA) is 34.9 Å². The number of aromatic nitrogens is 2. The minimum atomic E-state index is 0.515. The van der Waals surface area contributed by atoms with E-state index in [-0.39, 0.29) is 0 Å². The van der Waals surface area contributed by atoms with E-state index in [1.54, 1.807) is 11.3 Å². The van der Waals surface area contributed by atoms with Gasteiger partial charge in [0.05, 0.1) is 11.0 Å². The molecule has 1 aromatic carbocycles. The highest BCUT2D eigenvalue weighted by Crippen LogP contribution is 2.37. The van der Waals surface area contributed by atoms with Crippen LogP contribution in [0.5, 0.6) is 0 Å². The summed E-state index contributed by atoms with van der Waals surface area (Å²) in [5, 5.41) is 2.12. The summed E-state index contributed by atoms with van der Waals surface area (Å²) < 4.78 is 2.47. The summed E-state index contributed by atoms with van der Waals surface area (Å²) in [5.41, 5.74) is 2.82. The average molecular weight is 338 g/mol. The van der Waals surface area contributed by atoms with Crippen molar-refractivity contribution in [1.29, 1.82) is 0 Å². The molecule has 1 aliphatic rings. The minimum absolute atomic E-state index is 0.515. The van der Waals surface area contributed by atoms with E-state index >= 15 is 0 Å². The Hall–Kier alpha value is -1.94. The maximum absolute atomic E-state index is 11.1. The van der Waals surface area contributed by atoms with Crippen LogP contribution in [0.2, 0.25) is 0 Å². The Labute approximate surface area is 146 Å². The average Bonchev–Trinajstić information content (AvgIpc) is 3.22. The molecule has 24 heavy (non-hydrogen) atoms. The molecule has 0 saturated heterocycles. The smallest absolute Gasteiger partial charge is 0.150 e. The Morgan fingerprint density at radius 2 is 2.17 bits per heavy atom. The van der Waals surface area contributed by atoms with Gasteiger partial charge in [-0.25, -0.2) is 4.98 Å². The Morgan fingerprint density at radius 1 is 1.29 bits per heavy atom. The quantitative estimate of drug-likeness (QED) is 0.609. The molecule has 4 heteroatoms. The number of imidazole rings is 1. The highest BCUT2D eigenvalue weighted by molar-refractivity contribution is 7.09. The van der Waals surface area contributed by atoms with Crippen LogP contribution < -0.4 is 0 Å². The molecule has 124 valence electrons. The maximum Gasteiger partial charge on any atom is 0.150 e. The molecule has 3 aromatic rings. The van der Waals surface area contributed by atoms with Gasteiger partial charge in [0.25, 0.3) is 0 Å². The summed E-state index contributed by atoms with van der Waals surface area (Å²) in [4.78, 5) is 17.4. The highest BCUT2D eigenvalue weighted by atomic mass is 32.1. The molecule has 4 rings (SSSR count). The normalized spacial score (nSPS) is 21.2. The van der Waals surface area contributed by atoms with Crippen LogP contribution in [-0.4, -0.2) is 15.8 Å². The first-order valence-electron chi connectivity index (χ1n) is 8.74. The van der Waals surface area contributed by atoms with Crippen molar-refractivity contribution in [3.05, 3.63) is 52.0 Å². The largest absolute Gasteiger partial charge is 0.324 e. The Bertz CT molecular complexity index is 850. The second-order valence-corrected chi connectivity index (χ2v) is 7.88. The predicted molar refractivity (Wildman–Crippen MR) is 98.9 cm³/mol. The molecule has 0 amide bonds. The first kappa shape index (κ1) is 15.6. The van der Waals surface area contributed by atoms with Crippen molar-refractivity contribution in [1.82, 2.24) is 9.55 Å². The minimum Gasteiger partial charge on any atom is -0.324 e. The van der Waals surface area contributed by atoms with Gasteiger partial charge in [-0.05, 0) is 48.4 Å². The van der Waals surface area contributed by atoms with Gasteiger partial charge in [0.2, 0.25) is 0 Å². The van der Waals surface area contributed by atoms with Crippen molar-refractivity contribution in [2.45, 2.75) is 45.1 Å². The van der Waals surface area contributed by atoms with Gasteiger partial charge >= 0.3 is 0 Å². The predicted octanol–water partition coefficient (Wildman–Crippen LogP) is 5.25. The molecule has 0 spiro atoms. The van der Waals surface area contributed by atoms with Gasteiger partial charge in [-0.15, -0.1) is 11.3 Å². The van der Waals surface area contributed by atoms with Crippen LogP contribution in [0.3, 0.4) is 0 Å². The van der Waals surface area contributed by atoms with Gasteiger partial charge in [-0.2, -0.15) is 0 Å². The molecule has 1 saturated carbocycles. The van der Waals surface area contributed by atoms with Crippen molar-refractivity contribution < 1.29 is 4.79 Å². The number of rotatable bonds is 4. The molecule has 0 N–H and O–H groups in total. The van der Waals surface area contributed by atoms with Crippen LogP contribution in [0.25, 0.3) is 11.0 Å². The lowest BCUT2D eigenvalue weighted by atomic mass is 9.85. The zero-order chi connectivity index (χ0) is 16.5. The summed E-state index contributed by atoms with van der Waals surface area (Å²) in [6, 6.07) is 10.7. The molecule has 2 heterocycles. The summed E-state index contributed by atoms with van der Waals surface area (Å²) in [6.45, 7) is 2.37. The second kappa shape index (κ2) is 6.52. The summed E-state index contributed by atoms with van der Waals surface area (Å²) >= 11 is 1.78. The van der Waals surface area contributed by atoms with E-state index in [0.717, 1.165) is 24.0 Å². The van der Waals surface area contributed by atoms with Crippen molar-refractivity contribution in [2.75, 3.05) is 0 Å². The standard InChI is InChI=1S/C20H22N2OS/c1-14-5-2-3-7-18(14)22-19-9-8-15(13-23)11-17(19)21-20(22)12-16-6-4-10-24-16/h4,6,8-11,13-14,18H,2-3,5,7,12H2,1H3. The van der Waals surface area contributed by atoms with Crippen molar-refractivity contribution in [2.24, 2.45) is 5.92 Å². The van der Waals surface area contributed by atoms with Gasteiger partial charge in [-0.1, -0.05) is 25.8 Å². The first-order valence-corrected chi connectivity index (χ1v) is 9.62. The SMILES string of the molecule is CC1CCCCC1n1c(Cc2cccs2)nc2cc(C=O)ccc21. The molecular weight excluding hydrogens is 316 g/mol. The third kappa shape index (κ3) is 2.80. The van der Waals surface area contributed by atoms with E-state index in [4.69, 9.17) is 4.98 Å². The Balaban J connectivity index is 1.84. The Morgan fingerprint density at radius 3 is 2.92 bits per heavy atom. The van der Waals surface area contributed by atoms with E-state index in [2.05, 4.69) is 35.1 Å². The van der Waals surface area contributed by atoms with Crippen molar-refractivity contribution >= 4 is 28.7 Å². The number of fused-ring (bicyclic) bond motifs is 1. The highest BCUT2D eigenvalue weighted by Gasteiger charge is 2.27. The molecule has 0 aliphatic heterocycles. The summed E-state index contributed by atoms with van der Waals surface area (Å²) in [5.74, 6) is 1.80. The van der Waals surface area contributed by atoms with Crippen LogP contribution in [0.4, 0.5) is 0 Å². The van der Waals surface area contributed by atoms with E-state index in [1.807, 2.05) is 12.1 Å². The van der Waals surface area contributed by atoms with Gasteiger partial charge in [0.15, 0.2) is 0 Å². The monoisotopic (exact) mass is 338 g/mol. The molecular formula is C20H22N2OS. The number of hydrogen-bond donors (Lipinski definition) is 0. The van der Waals surface area contributed by atoms with E-state index < -0.39 is 0 Å². The fourth-order valence-corrected chi connectivity index (χ4v) is 4.68. The fraction of sp³-hybridized carbons (Fsp3) is 0.400. The number of aldehydes is 1. The van der Waals surface area contributed by atoms with Gasteiger partial charge < -0.3 is 4.57 Å². The van der Waals surface area contributed by atoms with Gasteiger partial charge in [0.1, 0.15) is 12.1 Å². The number of nitrogens with zero attached hydrogens (tertiary/aromatic N) is 2. The third-order valence-electron chi connectivity index (χ3n) is 5.23. The third-order valence-corrected chi connectivity index (χ3v) is 6.11. The second-order valence-electron chi connectivity index (χ2n) is 6.85. The summed E-state index contributed by atoms with van der Waals surface area (Å²) in [7, 11) is 0. The van der Waals surface area contributed by atoms with Crippen LogP contribution in [0, 0.1) is 5.92 Å². The lowest BCUT2D eigenvalue weighted by Gasteiger charge is -2.31. The van der Waals surface area contributed by atoms with E-state index in [1.165, 1.54) is 36.1 Å². The maximum atomic E-state index is 11.1. The van der Waals surface area contributed by atoms with Gasteiger partial charge in [-0.3, -0.25) is 4.79 Å². The van der Waals surface area contributed by atoms with Gasteiger partial charge in [0, 0.05) is 22.9 Å². The van der Waals surface area contributed by atoms with Crippen LogP contribution >= 0.6 is 11.3 Å². The summed E-state index contributed by atoms with van der Waals surface area (Å²) in [6.07, 6.45) is 6.90. The van der Waals surface area contributed by atoms with E-state index in [9.17, 15) is 4.79 Å². The number of carbonyl (C=O) groups is 1. The number of thiophene rings is 1. The lowest BCUT2D eigenvalue weighted by molar-refractivity contribution is 0.112. The number of benzene rings is 1. The van der Waals surface area contributed by atoms with Crippen LogP contribution in [0.15, 0.2) is 35.7 Å². The number of hydrogen-bond acceptors (Lipinski definition) is 3. The molecule has 2 aromatic heterocycles. The van der Waals surface area contributed by atoms with E-state index in [0.29, 0.717) is 17.5 Å². The Kier molecular flexibility index (Phi) is 4.23. The van der Waals surface area contributed by atoms with Crippen molar-refractivity contribution in [3.63, 3.8) is 0 Å². The van der Waals surface area contributed by atoms with Crippen molar-refractivity contribution in [3.8, 4) is 0 Å². The molecule has 2 atom stereocenters. The zero-order valence-electron chi connectivity index (χ0n) is 13.9. The molecule has 2 unspecified atom stereocenters. The number of carbonyl (C=O) groups excluding carboxylic acids is 1. The molecule has 0 radical (unpaired) electrons. The van der Waals surface area contributed by atoms with Crippen LogP contribution in [0.1, 0.15) is 59.7 Å². The fourth-order valence-electron chi connectivity index (χ4n) is 3.98. The lowest BCUT2D eigenvalue weighted by Crippen LogP contribution is -2.22. The molecule has 1 fully saturated rings. The molecule has 3 nitrogen and oxygen atoms in total. The first-order chi connectivity index (χ1) is 11.8. The molecule has 1 aliphatic carbocycles. The molecule has 0 bridgehead atoms. The zero-order valence-corrected chi connectivity index (χ0v) is 14.8. The van der Waals surface area contributed by atoms with Crippen LogP contribution in [-0.2, 0) is 6.42 Å².